The lowest BCUT2D eigenvalue weighted by Crippen LogP contribution is -2.41. The lowest BCUT2D eigenvalue weighted by atomic mass is 10.0. The first-order chi connectivity index (χ1) is 16.1. The number of nitrogens with zero attached hydrogens (tertiary/aromatic N) is 3. The molecule has 6 nitrogen and oxygen atoms in total. The summed E-state index contributed by atoms with van der Waals surface area (Å²) in [4.78, 5) is 27.6. The zero-order valence-electron chi connectivity index (χ0n) is 18.7. The summed E-state index contributed by atoms with van der Waals surface area (Å²) < 4.78 is 2.29. The van der Waals surface area contributed by atoms with Gasteiger partial charge in [-0.15, -0.1) is 0 Å². The van der Waals surface area contributed by atoms with Gasteiger partial charge in [-0.05, 0) is 62.1 Å². The van der Waals surface area contributed by atoms with Gasteiger partial charge < -0.3 is 14.8 Å². The van der Waals surface area contributed by atoms with E-state index in [0.29, 0.717) is 23.1 Å². The first-order valence-electron chi connectivity index (χ1n) is 11.8. The van der Waals surface area contributed by atoms with Crippen LogP contribution in [0, 0.1) is 17.2 Å². The minimum Gasteiger partial charge on any atom is -0.344 e. The van der Waals surface area contributed by atoms with Gasteiger partial charge in [-0.1, -0.05) is 25.0 Å². The van der Waals surface area contributed by atoms with E-state index in [2.05, 4.69) is 33.1 Å². The van der Waals surface area contributed by atoms with Crippen molar-refractivity contribution in [3.63, 3.8) is 0 Å². The van der Waals surface area contributed by atoms with Crippen LogP contribution in [-0.2, 0) is 4.79 Å². The van der Waals surface area contributed by atoms with Gasteiger partial charge in [0.15, 0.2) is 0 Å². The second kappa shape index (κ2) is 9.11. The lowest BCUT2D eigenvalue weighted by Gasteiger charge is -2.34. The van der Waals surface area contributed by atoms with Crippen LogP contribution in [0.4, 0.5) is 5.69 Å². The lowest BCUT2D eigenvalue weighted by molar-refractivity contribution is -0.136. The fourth-order valence-electron chi connectivity index (χ4n) is 5.34. The summed E-state index contributed by atoms with van der Waals surface area (Å²) in [5.74, 6) is 0.369. The van der Waals surface area contributed by atoms with Gasteiger partial charge in [0.05, 0.1) is 22.8 Å². The standard InChI is InChI=1S/C27H28N4O2/c28-18-19-5-3-8-21(17-19)26(32)29-24-9-4-10-25-23(24)13-16-31(25)22-11-14-30(15-12-22)27(33)20-6-1-2-7-20/h3-5,8-10,13,16-17,20,22H,1-2,6-7,11-12,14-15H2,(H,29,32). The zero-order chi connectivity index (χ0) is 22.8. The van der Waals surface area contributed by atoms with Crippen molar-refractivity contribution in [2.24, 2.45) is 5.92 Å². The Hall–Kier alpha value is -3.59. The van der Waals surface area contributed by atoms with Crippen LogP contribution in [0.1, 0.15) is 60.5 Å². The zero-order valence-corrected chi connectivity index (χ0v) is 18.7. The second-order valence-corrected chi connectivity index (χ2v) is 9.15. The number of hydrogen-bond donors (Lipinski definition) is 1. The van der Waals surface area contributed by atoms with Crippen molar-refractivity contribution < 1.29 is 9.59 Å². The van der Waals surface area contributed by atoms with E-state index in [0.717, 1.165) is 55.4 Å². The van der Waals surface area contributed by atoms with E-state index in [1.807, 2.05) is 18.2 Å². The number of rotatable bonds is 4. The van der Waals surface area contributed by atoms with Crippen LogP contribution >= 0.6 is 0 Å². The molecule has 0 radical (unpaired) electrons. The molecule has 2 fully saturated rings. The van der Waals surface area contributed by atoms with Gasteiger partial charge in [0, 0.05) is 42.2 Å². The number of likely N-dealkylation sites (tertiary alicyclic amines) is 1. The maximum atomic E-state index is 12.8. The highest BCUT2D eigenvalue weighted by atomic mass is 16.2. The number of nitriles is 1. The van der Waals surface area contributed by atoms with Crippen LogP contribution < -0.4 is 5.32 Å². The van der Waals surface area contributed by atoms with E-state index in [9.17, 15) is 9.59 Å². The summed E-state index contributed by atoms with van der Waals surface area (Å²) >= 11 is 0. The van der Waals surface area contributed by atoms with Crippen LogP contribution in [0.15, 0.2) is 54.7 Å². The largest absolute Gasteiger partial charge is 0.344 e. The Bertz CT molecular complexity index is 1220. The summed E-state index contributed by atoms with van der Waals surface area (Å²) in [6, 6.07) is 17.1. The monoisotopic (exact) mass is 440 g/mol. The normalized spacial score (nSPS) is 17.2. The third kappa shape index (κ3) is 4.23. The van der Waals surface area contributed by atoms with E-state index in [4.69, 9.17) is 5.26 Å². The molecule has 1 N–H and O–H groups in total. The topological polar surface area (TPSA) is 78.1 Å². The number of nitrogens with one attached hydrogen (secondary N) is 1. The minimum atomic E-state index is -0.230. The van der Waals surface area contributed by atoms with Crippen molar-refractivity contribution in [2.45, 2.75) is 44.6 Å². The van der Waals surface area contributed by atoms with Gasteiger partial charge in [-0.2, -0.15) is 5.26 Å². The molecule has 6 heteroatoms. The Labute approximate surface area is 193 Å². The van der Waals surface area contributed by atoms with Crippen LogP contribution in [0.3, 0.4) is 0 Å². The fraction of sp³-hybridized carbons (Fsp3) is 0.370. The summed E-state index contributed by atoms with van der Waals surface area (Å²) in [7, 11) is 0. The summed E-state index contributed by atoms with van der Waals surface area (Å²) in [6.45, 7) is 1.62. The van der Waals surface area contributed by atoms with Crippen molar-refractivity contribution in [1.82, 2.24) is 9.47 Å². The maximum absolute atomic E-state index is 12.8. The third-order valence-corrected chi connectivity index (χ3v) is 7.14. The SMILES string of the molecule is N#Cc1cccc(C(=O)Nc2cccc3c2ccn3C2CCN(C(=O)C3CCCC3)CC2)c1. The summed E-state index contributed by atoms with van der Waals surface area (Å²) in [5.41, 5.74) is 2.76. The van der Waals surface area contributed by atoms with Crippen molar-refractivity contribution in [2.75, 3.05) is 18.4 Å². The molecule has 2 heterocycles. The van der Waals surface area contributed by atoms with E-state index < -0.39 is 0 Å². The first kappa shape index (κ1) is 21.3. The molecule has 0 spiro atoms. The highest BCUT2D eigenvalue weighted by Gasteiger charge is 2.30. The molecule has 1 aliphatic carbocycles. The molecule has 168 valence electrons. The molecule has 0 atom stereocenters. The van der Waals surface area contributed by atoms with Gasteiger partial charge in [-0.3, -0.25) is 9.59 Å². The van der Waals surface area contributed by atoms with Crippen LogP contribution in [-0.4, -0.2) is 34.4 Å². The van der Waals surface area contributed by atoms with E-state index in [1.165, 1.54) is 12.8 Å². The van der Waals surface area contributed by atoms with Gasteiger partial charge in [0.25, 0.3) is 5.91 Å². The van der Waals surface area contributed by atoms with Crippen molar-refractivity contribution in [3.8, 4) is 6.07 Å². The van der Waals surface area contributed by atoms with Gasteiger partial charge in [0.2, 0.25) is 5.91 Å². The molecule has 1 saturated carbocycles. The number of aromatic nitrogens is 1. The Morgan fingerprint density at radius 3 is 2.48 bits per heavy atom. The van der Waals surface area contributed by atoms with Crippen molar-refractivity contribution in [3.05, 3.63) is 65.9 Å². The Morgan fingerprint density at radius 2 is 1.73 bits per heavy atom. The first-order valence-corrected chi connectivity index (χ1v) is 11.8. The van der Waals surface area contributed by atoms with E-state index in [-0.39, 0.29) is 11.8 Å². The molecule has 1 aromatic heterocycles. The Balaban J connectivity index is 1.30. The Morgan fingerprint density at radius 1 is 0.970 bits per heavy atom. The Kier molecular flexibility index (Phi) is 5.87. The molecule has 0 unspecified atom stereocenters. The summed E-state index contributed by atoms with van der Waals surface area (Å²) in [5, 5.41) is 13.1. The number of fused-ring (bicyclic) bond motifs is 1. The van der Waals surface area contributed by atoms with Gasteiger partial charge in [-0.25, -0.2) is 0 Å². The number of hydrogen-bond acceptors (Lipinski definition) is 3. The molecule has 33 heavy (non-hydrogen) atoms. The number of carbonyl (C=O) groups is 2. The fourth-order valence-corrected chi connectivity index (χ4v) is 5.34. The highest BCUT2D eigenvalue weighted by Crippen LogP contribution is 2.33. The predicted molar refractivity (Wildman–Crippen MR) is 128 cm³/mol. The molecule has 1 aliphatic heterocycles. The predicted octanol–water partition coefficient (Wildman–Crippen LogP) is 5.12. The number of carbonyl (C=O) groups excluding carboxylic acids is 2. The highest BCUT2D eigenvalue weighted by molar-refractivity contribution is 6.09. The quantitative estimate of drug-likeness (QED) is 0.612. The second-order valence-electron chi connectivity index (χ2n) is 9.15. The van der Waals surface area contributed by atoms with E-state index >= 15 is 0 Å². The molecule has 5 rings (SSSR count). The van der Waals surface area contributed by atoms with Gasteiger partial charge >= 0.3 is 0 Å². The molecular formula is C27H28N4O2. The molecular weight excluding hydrogens is 412 g/mol. The number of amides is 2. The molecule has 0 bridgehead atoms. The van der Waals surface area contributed by atoms with Crippen molar-refractivity contribution in [1.29, 1.82) is 5.26 Å². The maximum Gasteiger partial charge on any atom is 0.255 e. The summed E-state index contributed by atoms with van der Waals surface area (Å²) in [6.07, 6.45) is 8.46. The van der Waals surface area contributed by atoms with Crippen LogP contribution in [0.5, 0.6) is 0 Å². The molecule has 1 saturated heterocycles. The van der Waals surface area contributed by atoms with Crippen LogP contribution in [0.25, 0.3) is 10.9 Å². The number of piperidine rings is 1. The molecule has 2 aliphatic rings. The van der Waals surface area contributed by atoms with Crippen LogP contribution in [0.2, 0.25) is 0 Å². The average molecular weight is 441 g/mol. The molecule has 2 amide bonds. The van der Waals surface area contributed by atoms with Crippen molar-refractivity contribution >= 4 is 28.4 Å². The smallest absolute Gasteiger partial charge is 0.255 e. The van der Waals surface area contributed by atoms with E-state index in [1.54, 1.807) is 24.3 Å². The molecule has 3 aromatic rings. The number of benzene rings is 2. The third-order valence-electron chi connectivity index (χ3n) is 7.14. The number of anilines is 1. The minimum absolute atomic E-state index is 0.230. The van der Waals surface area contributed by atoms with Gasteiger partial charge in [0.1, 0.15) is 0 Å². The molecule has 2 aromatic carbocycles. The average Bonchev–Trinajstić information content (AvgIpc) is 3.55.